The minimum Gasteiger partial charge on any atom is -0.338 e. The molecule has 0 bridgehead atoms. The number of aromatic nitrogens is 1. The SMILES string of the molecule is CC(Sc1ccccc1F)C(=O)N(C)Cc1nc2ccccc2s1. The quantitative estimate of drug-likeness (QED) is 0.625. The largest absolute Gasteiger partial charge is 0.338 e. The molecule has 0 spiro atoms. The normalized spacial score (nSPS) is 12.3. The molecule has 0 saturated heterocycles. The molecule has 0 aliphatic rings. The molecule has 0 fully saturated rings. The zero-order chi connectivity index (χ0) is 17.1. The average Bonchev–Trinajstić information content (AvgIpc) is 2.98. The van der Waals surface area contributed by atoms with Crippen molar-refractivity contribution in [2.45, 2.75) is 23.6 Å². The van der Waals surface area contributed by atoms with Gasteiger partial charge in [-0.3, -0.25) is 4.79 Å². The molecule has 0 saturated carbocycles. The number of carbonyl (C=O) groups is 1. The molecule has 124 valence electrons. The Morgan fingerprint density at radius 2 is 1.96 bits per heavy atom. The van der Waals surface area contributed by atoms with E-state index in [2.05, 4.69) is 4.98 Å². The first kappa shape index (κ1) is 16.9. The Morgan fingerprint density at radius 3 is 2.71 bits per heavy atom. The van der Waals surface area contributed by atoms with E-state index in [1.165, 1.54) is 17.8 Å². The second-order valence-corrected chi connectivity index (χ2v) is 7.96. The summed E-state index contributed by atoms with van der Waals surface area (Å²) in [6.45, 7) is 2.26. The highest BCUT2D eigenvalue weighted by Gasteiger charge is 2.21. The van der Waals surface area contributed by atoms with Crippen molar-refractivity contribution in [3.05, 3.63) is 59.4 Å². The van der Waals surface area contributed by atoms with Crippen LogP contribution in [0.2, 0.25) is 0 Å². The van der Waals surface area contributed by atoms with Crippen molar-refractivity contribution in [3.63, 3.8) is 0 Å². The standard InChI is InChI=1S/C18H17FN2OS2/c1-12(23-15-9-5-3-7-13(15)19)18(22)21(2)11-17-20-14-8-4-6-10-16(14)24-17/h3-10,12H,11H2,1-2H3. The summed E-state index contributed by atoms with van der Waals surface area (Å²) in [6, 6.07) is 14.4. The number of thiazole rings is 1. The number of amides is 1. The van der Waals surface area contributed by atoms with Gasteiger partial charge in [0.05, 0.1) is 22.0 Å². The Labute approximate surface area is 148 Å². The molecule has 1 aromatic heterocycles. The number of benzene rings is 2. The van der Waals surface area contributed by atoms with E-state index in [-0.39, 0.29) is 17.0 Å². The van der Waals surface area contributed by atoms with E-state index >= 15 is 0 Å². The molecule has 2 aromatic carbocycles. The maximum absolute atomic E-state index is 13.7. The second kappa shape index (κ2) is 7.32. The number of thioether (sulfide) groups is 1. The number of hydrogen-bond acceptors (Lipinski definition) is 4. The lowest BCUT2D eigenvalue weighted by Crippen LogP contribution is -2.32. The third-order valence-corrected chi connectivity index (χ3v) is 5.74. The van der Waals surface area contributed by atoms with Gasteiger partial charge in [-0.2, -0.15) is 0 Å². The topological polar surface area (TPSA) is 33.2 Å². The average molecular weight is 360 g/mol. The second-order valence-electron chi connectivity index (χ2n) is 5.46. The third-order valence-electron chi connectivity index (χ3n) is 3.57. The van der Waals surface area contributed by atoms with Crippen LogP contribution in [-0.4, -0.2) is 28.1 Å². The fourth-order valence-electron chi connectivity index (χ4n) is 2.36. The summed E-state index contributed by atoms with van der Waals surface area (Å²) in [6.07, 6.45) is 0. The zero-order valence-corrected chi connectivity index (χ0v) is 15.0. The summed E-state index contributed by atoms with van der Waals surface area (Å²) in [5.74, 6) is -0.335. The molecule has 24 heavy (non-hydrogen) atoms. The van der Waals surface area contributed by atoms with E-state index in [4.69, 9.17) is 0 Å². The van der Waals surface area contributed by atoms with Gasteiger partial charge in [0.1, 0.15) is 10.8 Å². The molecular weight excluding hydrogens is 343 g/mol. The molecule has 0 N–H and O–H groups in total. The van der Waals surface area contributed by atoms with Gasteiger partial charge < -0.3 is 4.90 Å². The number of rotatable bonds is 5. The van der Waals surface area contributed by atoms with Crippen molar-refractivity contribution in [1.29, 1.82) is 0 Å². The van der Waals surface area contributed by atoms with Crippen molar-refractivity contribution in [2.24, 2.45) is 0 Å². The van der Waals surface area contributed by atoms with Crippen LogP contribution >= 0.6 is 23.1 Å². The Hall–Kier alpha value is -1.92. The highest BCUT2D eigenvalue weighted by Crippen LogP contribution is 2.27. The first-order valence-corrected chi connectivity index (χ1v) is 9.25. The number of halogens is 1. The fraction of sp³-hybridized carbons (Fsp3) is 0.222. The molecule has 6 heteroatoms. The molecule has 0 aliphatic heterocycles. The van der Waals surface area contributed by atoms with Crippen molar-refractivity contribution < 1.29 is 9.18 Å². The summed E-state index contributed by atoms with van der Waals surface area (Å²) in [5, 5.41) is 0.538. The Balaban J connectivity index is 1.66. The lowest BCUT2D eigenvalue weighted by Gasteiger charge is -2.20. The van der Waals surface area contributed by atoms with Gasteiger partial charge in [0.15, 0.2) is 0 Å². The maximum atomic E-state index is 13.7. The van der Waals surface area contributed by atoms with E-state index in [0.29, 0.717) is 11.4 Å². The van der Waals surface area contributed by atoms with Gasteiger partial charge >= 0.3 is 0 Å². The highest BCUT2D eigenvalue weighted by molar-refractivity contribution is 8.00. The van der Waals surface area contributed by atoms with Gasteiger partial charge in [-0.1, -0.05) is 24.3 Å². The Kier molecular flexibility index (Phi) is 5.16. The van der Waals surface area contributed by atoms with Crippen LogP contribution in [0.25, 0.3) is 10.2 Å². The van der Waals surface area contributed by atoms with Gasteiger partial charge in [-0.05, 0) is 31.2 Å². The van der Waals surface area contributed by atoms with Gasteiger partial charge in [-0.15, -0.1) is 23.1 Å². The first-order chi connectivity index (χ1) is 11.5. The number of carbonyl (C=O) groups excluding carboxylic acids is 1. The van der Waals surface area contributed by atoms with Crippen LogP contribution in [0.4, 0.5) is 4.39 Å². The Bertz CT molecular complexity index is 832. The van der Waals surface area contributed by atoms with Crippen molar-refractivity contribution in [1.82, 2.24) is 9.88 Å². The summed E-state index contributed by atoms with van der Waals surface area (Å²) < 4.78 is 14.8. The molecular formula is C18H17FN2OS2. The zero-order valence-electron chi connectivity index (χ0n) is 13.4. The number of nitrogens with zero attached hydrogens (tertiary/aromatic N) is 2. The van der Waals surface area contributed by atoms with Gasteiger partial charge in [0, 0.05) is 11.9 Å². The number of fused-ring (bicyclic) bond motifs is 1. The maximum Gasteiger partial charge on any atom is 0.235 e. The van der Waals surface area contributed by atoms with Crippen LogP contribution in [0.3, 0.4) is 0 Å². The van der Waals surface area contributed by atoms with E-state index in [0.717, 1.165) is 15.2 Å². The first-order valence-electron chi connectivity index (χ1n) is 7.55. The van der Waals surface area contributed by atoms with Gasteiger partial charge in [0.2, 0.25) is 5.91 Å². The van der Waals surface area contributed by atoms with E-state index in [1.807, 2.05) is 24.3 Å². The predicted octanol–water partition coefficient (Wildman–Crippen LogP) is 4.57. The van der Waals surface area contributed by atoms with Crippen LogP contribution in [0.1, 0.15) is 11.9 Å². The lowest BCUT2D eigenvalue weighted by molar-refractivity contribution is -0.129. The molecule has 3 nitrogen and oxygen atoms in total. The van der Waals surface area contributed by atoms with Crippen LogP contribution in [0.5, 0.6) is 0 Å². The van der Waals surface area contributed by atoms with Gasteiger partial charge in [-0.25, -0.2) is 9.37 Å². The van der Waals surface area contributed by atoms with Crippen molar-refractivity contribution in [3.8, 4) is 0 Å². The summed E-state index contributed by atoms with van der Waals surface area (Å²) in [4.78, 5) is 19.2. The molecule has 0 aliphatic carbocycles. The predicted molar refractivity (Wildman–Crippen MR) is 97.8 cm³/mol. The van der Waals surface area contributed by atoms with Crippen LogP contribution in [0.15, 0.2) is 53.4 Å². The minimum absolute atomic E-state index is 0.0393. The van der Waals surface area contributed by atoms with E-state index in [9.17, 15) is 9.18 Å². The summed E-state index contributed by atoms with van der Waals surface area (Å²) in [5.41, 5.74) is 0.951. The Morgan fingerprint density at radius 1 is 1.25 bits per heavy atom. The lowest BCUT2D eigenvalue weighted by atomic mass is 10.3. The van der Waals surface area contributed by atoms with Crippen LogP contribution in [0, 0.1) is 5.82 Å². The van der Waals surface area contributed by atoms with Crippen LogP contribution < -0.4 is 0 Å². The molecule has 0 radical (unpaired) electrons. The van der Waals surface area contributed by atoms with Crippen molar-refractivity contribution in [2.75, 3.05) is 7.05 Å². The highest BCUT2D eigenvalue weighted by atomic mass is 32.2. The fourth-order valence-corrected chi connectivity index (χ4v) is 4.38. The molecule has 3 rings (SSSR count). The minimum atomic E-state index is -0.360. The smallest absolute Gasteiger partial charge is 0.235 e. The summed E-state index contributed by atoms with van der Waals surface area (Å²) >= 11 is 2.83. The number of para-hydroxylation sites is 1. The molecule has 1 heterocycles. The van der Waals surface area contributed by atoms with Crippen LogP contribution in [-0.2, 0) is 11.3 Å². The molecule has 1 atom stereocenters. The third kappa shape index (κ3) is 3.76. The molecule has 1 amide bonds. The van der Waals surface area contributed by atoms with Gasteiger partial charge in [0.25, 0.3) is 0 Å². The number of hydrogen-bond donors (Lipinski definition) is 0. The van der Waals surface area contributed by atoms with E-state index in [1.54, 1.807) is 48.4 Å². The van der Waals surface area contributed by atoms with Crippen molar-refractivity contribution >= 4 is 39.2 Å². The molecule has 3 aromatic rings. The summed E-state index contributed by atoms with van der Waals surface area (Å²) in [7, 11) is 1.76. The molecule has 1 unspecified atom stereocenters. The monoisotopic (exact) mass is 360 g/mol. The van der Waals surface area contributed by atoms with E-state index < -0.39 is 0 Å².